The molecule has 7 heteroatoms. The van der Waals surface area contributed by atoms with E-state index in [1.807, 2.05) is 12.1 Å². The molecule has 0 spiro atoms. The minimum atomic E-state index is -0.474. The Labute approximate surface area is 141 Å². The van der Waals surface area contributed by atoms with Crippen LogP contribution in [0.25, 0.3) is 11.0 Å². The summed E-state index contributed by atoms with van der Waals surface area (Å²) in [4.78, 5) is 18.8. The van der Waals surface area contributed by atoms with Gasteiger partial charge in [0.05, 0.1) is 28.7 Å². The highest BCUT2D eigenvalue weighted by Gasteiger charge is 2.09. The zero-order chi connectivity index (χ0) is 16.4. The molecule has 1 aromatic heterocycles. The van der Waals surface area contributed by atoms with Crippen LogP contribution in [0.15, 0.2) is 41.6 Å². The lowest BCUT2D eigenvalue weighted by Gasteiger charge is -2.02. The predicted octanol–water partition coefficient (Wildman–Crippen LogP) is 4.43. The molecule has 3 rings (SSSR count). The van der Waals surface area contributed by atoms with Crippen LogP contribution in [0.4, 0.5) is 4.39 Å². The number of fused-ring (bicyclic) bond motifs is 1. The lowest BCUT2D eigenvalue weighted by Crippen LogP contribution is -2.00. The van der Waals surface area contributed by atoms with Crippen molar-refractivity contribution in [1.29, 1.82) is 0 Å². The third kappa shape index (κ3) is 3.48. The maximum Gasteiger partial charge on any atom is 0.337 e. The number of hydrogen-bond donors (Lipinski definition) is 1. The van der Waals surface area contributed by atoms with Gasteiger partial charge < -0.3 is 9.72 Å². The number of carbonyl (C=O) groups is 1. The second-order valence-electron chi connectivity index (χ2n) is 4.80. The largest absolute Gasteiger partial charge is 0.465 e. The number of esters is 1. The molecule has 0 aliphatic rings. The molecule has 0 aliphatic carbocycles. The number of carbonyl (C=O) groups excluding carboxylic acids is 1. The van der Waals surface area contributed by atoms with E-state index in [1.54, 1.807) is 12.1 Å². The van der Waals surface area contributed by atoms with Crippen LogP contribution in [-0.2, 0) is 10.5 Å². The summed E-state index contributed by atoms with van der Waals surface area (Å²) in [5.41, 5.74) is 2.78. The summed E-state index contributed by atoms with van der Waals surface area (Å²) in [6.07, 6.45) is 0. The molecule has 0 amide bonds. The van der Waals surface area contributed by atoms with E-state index in [-0.39, 0.29) is 11.0 Å². The zero-order valence-electron chi connectivity index (χ0n) is 12.1. The lowest BCUT2D eigenvalue weighted by molar-refractivity contribution is 0.0600. The molecule has 23 heavy (non-hydrogen) atoms. The van der Waals surface area contributed by atoms with Crippen LogP contribution in [0.2, 0.25) is 5.02 Å². The van der Waals surface area contributed by atoms with Gasteiger partial charge in [-0.25, -0.2) is 14.2 Å². The van der Waals surface area contributed by atoms with Crippen LogP contribution >= 0.6 is 23.4 Å². The van der Waals surface area contributed by atoms with E-state index in [0.29, 0.717) is 27.5 Å². The molecule has 118 valence electrons. The van der Waals surface area contributed by atoms with E-state index in [2.05, 4.69) is 14.7 Å². The first kappa shape index (κ1) is 15.8. The van der Waals surface area contributed by atoms with Gasteiger partial charge in [-0.3, -0.25) is 0 Å². The van der Waals surface area contributed by atoms with E-state index in [9.17, 15) is 9.18 Å². The van der Waals surface area contributed by atoms with Gasteiger partial charge in [-0.15, -0.1) is 0 Å². The summed E-state index contributed by atoms with van der Waals surface area (Å²) < 4.78 is 18.1. The van der Waals surface area contributed by atoms with Crippen molar-refractivity contribution in [3.05, 3.63) is 58.4 Å². The number of aromatic nitrogens is 2. The van der Waals surface area contributed by atoms with Crippen molar-refractivity contribution in [2.75, 3.05) is 7.11 Å². The number of rotatable bonds is 4. The summed E-state index contributed by atoms with van der Waals surface area (Å²) in [5, 5.41) is 0.734. The topological polar surface area (TPSA) is 55.0 Å². The highest BCUT2D eigenvalue weighted by Crippen LogP contribution is 2.26. The Kier molecular flexibility index (Phi) is 4.54. The standard InChI is InChI=1S/C16H12ClFN2O2S/c1-22-15(21)10-4-2-9(3-5-10)8-23-16-19-13-6-11(17)12(18)7-14(13)20-16/h2-7H,8H2,1H3,(H,19,20). The quantitative estimate of drug-likeness (QED) is 0.558. The van der Waals surface area contributed by atoms with Crippen molar-refractivity contribution in [3.8, 4) is 0 Å². The van der Waals surface area contributed by atoms with Gasteiger partial charge in [0, 0.05) is 11.8 Å². The van der Waals surface area contributed by atoms with E-state index < -0.39 is 5.82 Å². The van der Waals surface area contributed by atoms with Crippen molar-refractivity contribution in [3.63, 3.8) is 0 Å². The third-order valence-electron chi connectivity index (χ3n) is 3.25. The van der Waals surface area contributed by atoms with Crippen molar-refractivity contribution in [2.24, 2.45) is 0 Å². The van der Waals surface area contributed by atoms with E-state index in [0.717, 1.165) is 5.56 Å². The molecular weight excluding hydrogens is 339 g/mol. The molecule has 0 unspecified atom stereocenters. The first-order valence-corrected chi connectivity index (χ1v) is 8.08. The summed E-state index contributed by atoms with van der Waals surface area (Å²) in [6, 6.07) is 9.99. The third-order valence-corrected chi connectivity index (χ3v) is 4.49. The summed E-state index contributed by atoms with van der Waals surface area (Å²) in [6.45, 7) is 0. The predicted molar refractivity (Wildman–Crippen MR) is 88.4 cm³/mol. The number of thioether (sulfide) groups is 1. The molecule has 0 aliphatic heterocycles. The number of H-pyrrole nitrogens is 1. The summed E-state index contributed by atoms with van der Waals surface area (Å²) in [7, 11) is 1.35. The molecule has 0 saturated heterocycles. The Morgan fingerprint density at radius 3 is 2.78 bits per heavy atom. The number of nitrogens with zero attached hydrogens (tertiary/aromatic N) is 1. The smallest absolute Gasteiger partial charge is 0.337 e. The highest BCUT2D eigenvalue weighted by atomic mass is 35.5. The van der Waals surface area contributed by atoms with Crippen LogP contribution in [0.1, 0.15) is 15.9 Å². The van der Waals surface area contributed by atoms with Crippen molar-refractivity contribution in [1.82, 2.24) is 9.97 Å². The maximum absolute atomic E-state index is 13.4. The molecule has 0 fully saturated rings. The Balaban J connectivity index is 1.71. The fourth-order valence-electron chi connectivity index (χ4n) is 2.06. The number of nitrogens with one attached hydrogen (secondary N) is 1. The van der Waals surface area contributed by atoms with Gasteiger partial charge in [0.15, 0.2) is 5.16 Å². The first-order chi connectivity index (χ1) is 11.1. The SMILES string of the molecule is COC(=O)c1ccc(CSc2nc3cc(Cl)c(F)cc3[nH]2)cc1. The van der Waals surface area contributed by atoms with Crippen LogP contribution in [0.3, 0.4) is 0 Å². The Hall–Kier alpha value is -2.05. The average Bonchev–Trinajstić information content (AvgIpc) is 2.95. The van der Waals surface area contributed by atoms with Gasteiger partial charge in [0.25, 0.3) is 0 Å². The fourth-order valence-corrected chi connectivity index (χ4v) is 3.06. The van der Waals surface area contributed by atoms with Gasteiger partial charge in [0.2, 0.25) is 0 Å². The number of methoxy groups -OCH3 is 1. The molecule has 0 bridgehead atoms. The number of hydrogen-bond acceptors (Lipinski definition) is 4. The van der Waals surface area contributed by atoms with Gasteiger partial charge in [0.1, 0.15) is 5.82 Å². The number of ether oxygens (including phenoxy) is 1. The number of halogens is 2. The molecule has 0 atom stereocenters. The van der Waals surface area contributed by atoms with Crippen molar-refractivity contribution >= 4 is 40.4 Å². The molecular formula is C16H12ClFN2O2S. The Morgan fingerprint density at radius 2 is 2.09 bits per heavy atom. The molecule has 4 nitrogen and oxygen atoms in total. The molecule has 2 aromatic carbocycles. The number of imidazole rings is 1. The lowest BCUT2D eigenvalue weighted by atomic mass is 10.1. The van der Waals surface area contributed by atoms with E-state index >= 15 is 0 Å². The molecule has 1 heterocycles. The second-order valence-corrected chi connectivity index (χ2v) is 6.17. The number of benzene rings is 2. The van der Waals surface area contributed by atoms with Crippen LogP contribution in [-0.4, -0.2) is 23.0 Å². The van der Waals surface area contributed by atoms with Gasteiger partial charge in [-0.05, 0) is 23.8 Å². The molecule has 0 saturated carbocycles. The Bertz CT molecular complexity index is 825. The van der Waals surface area contributed by atoms with Crippen molar-refractivity contribution < 1.29 is 13.9 Å². The Morgan fingerprint density at radius 1 is 1.35 bits per heavy atom. The van der Waals surface area contributed by atoms with Crippen LogP contribution < -0.4 is 0 Å². The first-order valence-electron chi connectivity index (χ1n) is 6.71. The molecule has 1 N–H and O–H groups in total. The fraction of sp³-hybridized carbons (Fsp3) is 0.125. The minimum Gasteiger partial charge on any atom is -0.465 e. The summed E-state index contributed by atoms with van der Waals surface area (Å²) in [5.74, 6) is -0.171. The average molecular weight is 351 g/mol. The van der Waals surface area contributed by atoms with Crippen LogP contribution in [0, 0.1) is 5.82 Å². The summed E-state index contributed by atoms with van der Waals surface area (Å²) >= 11 is 7.23. The minimum absolute atomic E-state index is 0.0546. The van der Waals surface area contributed by atoms with E-state index in [1.165, 1.54) is 31.0 Å². The van der Waals surface area contributed by atoms with Gasteiger partial charge in [-0.1, -0.05) is 35.5 Å². The number of aromatic amines is 1. The van der Waals surface area contributed by atoms with Crippen molar-refractivity contribution in [2.45, 2.75) is 10.9 Å². The van der Waals surface area contributed by atoms with Gasteiger partial charge in [-0.2, -0.15) is 0 Å². The second kappa shape index (κ2) is 6.60. The molecule has 3 aromatic rings. The zero-order valence-corrected chi connectivity index (χ0v) is 13.7. The van der Waals surface area contributed by atoms with Crippen LogP contribution in [0.5, 0.6) is 0 Å². The van der Waals surface area contributed by atoms with E-state index in [4.69, 9.17) is 11.6 Å². The molecule has 0 radical (unpaired) electrons. The van der Waals surface area contributed by atoms with Gasteiger partial charge >= 0.3 is 5.97 Å². The monoisotopic (exact) mass is 350 g/mol. The highest BCUT2D eigenvalue weighted by molar-refractivity contribution is 7.98. The maximum atomic E-state index is 13.4. The normalized spacial score (nSPS) is 10.9.